The topological polar surface area (TPSA) is 44.5 Å². The second-order valence-electron chi connectivity index (χ2n) is 4.05. The average molecular weight is 269 g/mol. The molecular weight excluding hydrogens is 246 g/mol. The molecule has 0 spiro atoms. The van der Waals surface area contributed by atoms with Gasteiger partial charge in [0.25, 0.3) is 0 Å². The molecule has 1 aromatic carbocycles. The quantitative estimate of drug-likeness (QED) is 0.736. The summed E-state index contributed by atoms with van der Waals surface area (Å²) in [6.07, 6.45) is 2.09. The smallest absolute Gasteiger partial charge is 0.123 e. The van der Waals surface area contributed by atoms with Crippen molar-refractivity contribution < 1.29 is 9.47 Å². The molecule has 0 amide bonds. The van der Waals surface area contributed by atoms with E-state index in [1.54, 1.807) is 14.2 Å². The Labute approximate surface area is 114 Å². The van der Waals surface area contributed by atoms with Crippen LogP contribution >= 0.6 is 11.8 Å². The van der Waals surface area contributed by atoms with E-state index in [1.807, 2.05) is 30.0 Å². The highest BCUT2D eigenvalue weighted by molar-refractivity contribution is 7.99. The first kappa shape index (κ1) is 15.2. The molecule has 1 rings (SSSR count). The van der Waals surface area contributed by atoms with Gasteiger partial charge in [0.05, 0.1) is 14.2 Å². The Morgan fingerprint density at radius 1 is 1.28 bits per heavy atom. The molecule has 0 aliphatic carbocycles. The number of hydrogen-bond acceptors (Lipinski definition) is 4. The molecule has 4 heteroatoms. The van der Waals surface area contributed by atoms with Crippen molar-refractivity contribution in [2.24, 2.45) is 5.73 Å². The molecule has 2 N–H and O–H groups in total. The van der Waals surface area contributed by atoms with Gasteiger partial charge in [-0.25, -0.2) is 0 Å². The summed E-state index contributed by atoms with van der Waals surface area (Å²) in [6.45, 7) is 2.18. The Morgan fingerprint density at radius 2 is 2.06 bits per heavy atom. The van der Waals surface area contributed by atoms with E-state index in [2.05, 4.69) is 6.92 Å². The molecule has 0 saturated carbocycles. The number of methoxy groups -OCH3 is 2. The maximum Gasteiger partial charge on any atom is 0.123 e. The number of rotatable bonds is 8. The highest BCUT2D eigenvalue weighted by atomic mass is 32.2. The maximum absolute atomic E-state index is 6.23. The van der Waals surface area contributed by atoms with Crippen molar-refractivity contribution >= 4 is 11.8 Å². The molecule has 3 nitrogen and oxygen atoms in total. The zero-order valence-corrected chi connectivity index (χ0v) is 12.3. The van der Waals surface area contributed by atoms with Gasteiger partial charge in [-0.1, -0.05) is 6.92 Å². The number of benzene rings is 1. The van der Waals surface area contributed by atoms with Crippen LogP contribution in [0, 0.1) is 0 Å². The van der Waals surface area contributed by atoms with Crippen molar-refractivity contribution in [1.82, 2.24) is 0 Å². The van der Waals surface area contributed by atoms with Crippen molar-refractivity contribution in [3.05, 3.63) is 23.8 Å². The van der Waals surface area contributed by atoms with E-state index in [-0.39, 0.29) is 6.04 Å². The summed E-state index contributed by atoms with van der Waals surface area (Å²) in [4.78, 5) is 0. The Balaban J connectivity index is 2.66. The Kier molecular flexibility index (Phi) is 6.98. The fraction of sp³-hybridized carbons (Fsp3) is 0.571. The molecule has 18 heavy (non-hydrogen) atoms. The summed E-state index contributed by atoms with van der Waals surface area (Å²) in [6, 6.07) is 5.78. The van der Waals surface area contributed by atoms with Crippen molar-refractivity contribution in [3.63, 3.8) is 0 Å². The molecule has 0 bridgehead atoms. The van der Waals surface area contributed by atoms with E-state index >= 15 is 0 Å². The predicted molar refractivity (Wildman–Crippen MR) is 78.7 cm³/mol. The van der Waals surface area contributed by atoms with E-state index in [9.17, 15) is 0 Å². The normalized spacial score (nSPS) is 12.2. The molecule has 0 saturated heterocycles. The van der Waals surface area contributed by atoms with Crippen LogP contribution in [0.25, 0.3) is 0 Å². The first-order valence-corrected chi connectivity index (χ1v) is 7.43. The van der Waals surface area contributed by atoms with Gasteiger partial charge in [0.2, 0.25) is 0 Å². The first-order chi connectivity index (χ1) is 8.72. The van der Waals surface area contributed by atoms with Gasteiger partial charge in [-0.2, -0.15) is 11.8 Å². The van der Waals surface area contributed by atoms with Crippen molar-refractivity contribution in [2.45, 2.75) is 25.8 Å². The van der Waals surface area contributed by atoms with Gasteiger partial charge >= 0.3 is 0 Å². The van der Waals surface area contributed by atoms with Crippen molar-refractivity contribution in [1.29, 1.82) is 0 Å². The van der Waals surface area contributed by atoms with Gasteiger partial charge in [-0.15, -0.1) is 0 Å². The summed E-state index contributed by atoms with van der Waals surface area (Å²) >= 11 is 1.95. The van der Waals surface area contributed by atoms with E-state index < -0.39 is 0 Å². The van der Waals surface area contributed by atoms with E-state index in [0.29, 0.717) is 0 Å². The van der Waals surface area contributed by atoms with Gasteiger partial charge in [-0.3, -0.25) is 0 Å². The van der Waals surface area contributed by atoms with Crippen molar-refractivity contribution in [2.75, 3.05) is 25.7 Å². The predicted octanol–water partition coefficient (Wildman–Crippen LogP) is 3.24. The minimum atomic E-state index is 0.00695. The number of hydrogen-bond donors (Lipinski definition) is 1. The molecule has 0 aliphatic rings. The van der Waals surface area contributed by atoms with Gasteiger partial charge in [0, 0.05) is 11.6 Å². The molecule has 0 heterocycles. The molecule has 0 aliphatic heterocycles. The lowest BCUT2D eigenvalue weighted by Crippen LogP contribution is -2.12. The third-order valence-electron chi connectivity index (χ3n) is 2.84. The highest BCUT2D eigenvalue weighted by Gasteiger charge is 2.12. The lowest BCUT2D eigenvalue weighted by Gasteiger charge is -2.16. The van der Waals surface area contributed by atoms with Crippen LogP contribution in [0.5, 0.6) is 11.5 Å². The average Bonchev–Trinajstić information content (AvgIpc) is 2.42. The van der Waals surface area contributed by atoms with Crippen LogP contribution in [0.15, 0.2) is 18.2 Å². The van der Waals surface area contributed by atoms with Gasteiger partial charge < -0.3 is 15.2 Å². The van der Waals surface area contributed by atoms with E-state index in [0.717, 1.165) is 41.4 Å². The monoisotopic (exact) mass is 269 g/mol. The molecule has 0 fully saturated rings. The number of nitrogens with two attached hydrogens (primary N) is 1. The third kappa shape index (κ3) is 4.42. The second kappa shape index (κ2) is 8.27. The van der Waals surface area contributed by atoms with Crippen LogP contribution < -0.4 is 15.2 Å². The SMILES string of the molecule is CCSCCCC(N)c1cc(OC)ccc1OC. The zero-order chi connectivity index (χ0) is 13.4. The first-order valence-electron chi connectivity index (χ1n) is 6.28. The Morgan fingerprint density at radius 3 is 2.67 bits per heavy atom. The summed E-state index contributed by atoms with van der Waals surface area (Å²) in [5, 5.41) is 0. The van der Waals surface area contributed by atoms with Crippen LogP contribution in [0.1, 0.15) is 31.4 Å². The highest BCUT2D eigenvalue weighted by Crippen LogP contribution is 2.30. The van der Waals surface area contributed by atoms with Crippen LogP contribution in [0.4, 0.5) is 0 Å². The lowest BCUT2D eigenvalue weighted by atomic mass is 10.0. The van der Waals surface area contributed by atoms with Crippen LogP contribution in [0.3, 0.4) is 0 Å². The zero-order valence-electron chi connectivity index (χ0n) is 11.4. The molecule has 1 aromatic rings. The Hall–Kier alpha value is -0.870. The molecule has 0 radical (unpaired) electrons. The minimum absolute atomic E-state index is 0.00695. The summed E-state index contributed by atoms with van der Waals surface area (Å²) in [5.41, 5.74) is 7.26. The lowest BCUT2D eigenvalue weighted by molar-refractivity contribution is 0.394. The molecular formula is C14H23NO2S. The number of ether oxygens (including phenoxy) is 2. The van der Waals surface area contributed by atoms with E-state index in [4.69, 9.17) is 15.2 Å². The fourth-order valence-corrected chi connectivity index (χ4v) is 2.49. The van der Waals surface area contributed by atoms with Crippen LogP contribution in [-0.2, 0) is 0 Å². The third-order valence-corrected chi connectivity index (χ3v) is 3.83. The molecule has 102 valence electrons. The fourth-order valence-electron chi connectivity index (χ4n) is 1.83. The summed E-state index contributed by atoms with van der Waals surface area (Å²) < 4.78 is 10.6. The van der Waals surface area contributed by atoms with E-state index in [1.165, 1.54) is 0 Å². The summed E-state index contributed by atoms with van der Waals surface area (Å²) in [5.74, 6) is 3.99. The van der Waals surface area contributed by atoms with Gasteiger partial charge in [0.1, 0.15) is 11.5 Å². The molecule has 1 unspecified atom stereocenters. The van der Waals surface area contributed by atoms with Crippen molar-refractivity contribution in [3.8, 4) is 11.5 Å². The van der Waals surface area contributed by atoms with Gasteiger partial charge in [-0.05, 0) is 42.5 Å². The maximum atomic E-state index is 6.23. The standard InChI is InChI=1S/C14H23NO2S/c1-4-18-9-5-6-13(15)12-10-11(16-2)7-8-14(12)17-3/h7-8,10,13H,4-6,9,15H2,1-3H3. The minimum Gasteiger partial charge on any atom is -0.497 e. The van der Waals surface area contributed by atoms with Gasteiger partial charge in [0.15, 0.2) is 0 Å². The molecule has 1 atom stereocenters. The largest absolute Gasteiger partial charge is 0.497 e. The van der Waals surface area contributed by atoms with Crippen LogP contribution in [-0.4, -0.2) is 25.7 Å². The number of thioether (sulfide) groups is 1. The summed E-state index contributed by atoms with van der Waals surface area (Å²) in [7, 11) is 3.33. The molecule has 0 aromatic heterocycles. The Bertz CT molecular complexity index is 358. The second-order valence-corrected chi connectivity index (χ2v) is 5.45. The van der Waals surface area contributed by atoms with Crippen LogP contribution in [0.2, 0.25) is 0 Å².